The van der Waals surface area contributed by atoms with Gasteiger partial charge in [-0.05, 0) is 49.5 Å². The van der Waals surface area contributed by atoms with Crippen LogP contribution in [0.1, 0.15) is 31.4 Å². The van der Waals surface area contributed by atoms with Crippen molar-refractivity contribution in [2.75, 3.05) is 25.0 Å². The summed E-state index contributed by atoms with van der Waals surface area (Å²) >= 11 is 0. The van der Waals surface area contributed by atoms with E-state index in [1.807, 2.05) is 18.2 Å². The maximum Gasteiger partial charge on any atom is 0.194 e. The molecule has 1 atom stereocenters. The van der Waals surface area contributed by atoms with E-state index in [0.29, 0.717) is 18.3 Å². The maximum atomic E-state index is 6.06. The molecule has 1 aromatic carbocycles. The van der Waals surface area contributed by atoms with E-state index in [0.717, 1.165) is 19.0 Å². The number of pyridine rings is 1. The van der Waals surface area contributed by atoms with Crippen LogP contribution in [0.3, 0.4) is 0 Å². The number of anilines is 1. The summed E-state index contributed by atoms with van der Waals surface area (Å²) in [6.45, 7) is 5.21. The third-order valence-corrected chi connectivity index (χ3v) is 4.80. The molecule has 2 aromatic rings. The van der Waals surface area contributed by atoms with Gasteiger partial charge < -0.3 is 11.1 Å². The number of rotatable bonds is 5. The number of hydrogen-bond acceptors (Lipinski definition) is 3. The highest BCUT2D eigenvalue weighted by atomic mass is 79.9. The van der Waals surface area contributed by atoms with Crippen LogP contribution < -0.4 is 11.1 Å². The minimum Gasteiger partial charge on any atom is -0.370 e. The van der Waals surface area contributed by atoms with Crippen molar-refractivity contribution in [3.63, 3.8) is 0 Å². The van der Waals surface area contributed by atoms with Crippen LogP contribution in [0.4, 0.5) is 5.82 Å². The number of nitrogens with zero attached hydrogens (tertiary/aromatic N) is 3. The standard InChI is InChI=1S/C20H27N5.BrH/c1-16-10-13-25(14-11-16)18(17-7-3-2-4-8-17)15-23-20(21)24-19-9-5-6-12-22-19;/h2-9,12,16,18H,10-11,13-15H2,1H3,(H3,21,22,23,24);1H. The van der Waals surface area contributed by atoms with Gasteiger partial charge in [0.15, 0.2) is 5.96 Å². The average Bonchev–Trinajstić information content (AvgIpc) is 2.65. The molecule has 5 nitrogen and oxygen atoms in total. The van der Waals surface area contributed by atoms with Gasteiger partial charge in [0.2, 0.25) is 0 Å². The van der Waals surface area contributed by atoms with Crippen molar-refractivity contribution in [2.24, 2.45) is 16.6 Å². The van der Waals surface area contributed by atoms with Crippen LogP contribution in [-0.4, -0.2) is 35.5 Å². The lowest BCUT2D eigenvalue weighted by Crippen LogP contribution is -2.38. The van der Waals surface area contributed by atoms with Gasteiger partial charge in [-0.2, -0.15) is 0 Å². The lowest BCUT2D eigenvalue weighted by atomic mass is 9.96. The molecule has 1 fully saturated rings. The Morgan fingerprint density at radius 1 is 1.19 bits per heavy atom. The van der Waals surface area contributed by atoms with Crippen LogP contribution in [0.25, 0.3) is 0 Å². The average molecular weight is 418 g/mol. The van der Waals surface area contributed by atoms with Gasteiger partial charge in [-0.15, -0.1) is 17.0 Å². The van der Waals surface area contributed by atoms with Crippen LogP contribution in [0.5, 0.6) is 0 Å². The Morgan fingerprint density at radius 2 is 1.88 bits per heavy atom. The molecule has 140 valence electrons. The molecule has 1 aromatic heterocycles. The Morgan fingerprint density at radius 3 is 2.54 bits per heavy atom. The van der Waals surface area contributed by atoms with Crippen molar-refractivity contribution in [3.8, 4) is 0 Å². The quantitative estimate of drug-likeness (QED) is 0.572. The molecule has 6 heteroatoms. The predicted molar refractivity (Wildman–Crippen MR) is 114 cm³/mol. The normalized spacial score (nSPS) is 17.3. The van der Waals surface area contributed by atoms with Crippen molar-refractivity contribution in [3.05, 3.63) is 60.3 Å². The van der Waals surface area contributed by atoms with Gasteiger partial charge in [0.1, 0.15) is 5.82 Å². The second kappa shape index (κ2) is 10.3. The molecule has 1 saturated heterocycles. The number of halogens is 1. The molecule has 1 unspecified atom stereocenters. The van der Waals surface area contributed by atoms with Crippen molar-refractivity contribution in [1.82, 2.24) is 9.88 Å². The smallest absolute Gasteiger partial charge is 0.194 e. The monoisotopic (exact) mass is 417 g/mol. The topological polar surface area (TPSA) is 66.5 Å². The molecule has 3 N–H and O–H groups in total. The fraction of sp³-hybridized carbons (Fsp3) is 0.400. The number of hydrogen-bond donors (Lipinski definition) is 2. The maximum absolute atomic E-state index is 6.06. The Bertz CT molecular complexity index is 669. The number of nitrogens with one attached hydrogen (secondary N) is 1. The molecule has 0 spiro atoms. The fourth-order valence-corrected chi connectivity index (χ4v) is 3.24. The van der Waals surface area contributed by atoms with Crippen molar-refractivity contribution in [1.29, 1.82) is 0 Å². The van der Waals surface area contributed by atoms with Crippen LogP contribution in [0.2, 0.25) is 0 Å². The molecule has 1 aliphatic heterocycles. The molecule has 3 rings (SSSR count). The van der Waals surface area contributed by atoms with E-state index < -0.39 is 0 Å². The first kappa shape index (κ1) is 20.4. The zero-order valence-corrected chi connectivity index (χ0v) is 16.9. The number of benzene rings is 1. The van der Waals surface area contributed by atoms with E-state index in [4.69, 9.17) is 5.73 Å². The van der Waals surface area contributed by atoms with E-state index in [-0.39, 0.29) is 23.0 Å². The summed E-state index contributed by atoms with van der Waals surface area (Å²) < 4.78 is 0. The lowest BCUT2D eigenvalue weighted by Gasteiger charge is -2.36. The molecular weight excluding hydrogens is 390 g/mol. The number of piperidine rings is 1. The van der Waals surface area contributed by atoms with Crippen LogP contribution in [0, 0.1) is 5.92 Å². The van der Waals surface area contributed by atoms with Gasteiger partial charge in [-0.3, -0.25) is 9.89 Å². The molecule has 0 bridgehead atoms. The summed E-state index contributed by atoms with van der Waals surface area (Å²) in [5.74, 6) is 1.93. The predicted octanol–water partition coefficient (Wildman–Crippen LogP) is 3.86. The zero-order chi connectivity index (χ0) is 17.5. The highest BCUT2D eigenvalue weighted by Crippen LogP contribution is 2.27. The highest BCUT2D eigenvalue weighted by molar-refractivity contribution is 8.93. The molecule has 0 aliphatic carbocycles. The third kappa shape index (κ3) is 5.81. The first-order valence-corrected chi connectivity index (χ1v) is 8.99. The van der Waals surface area contributed by atoms with Crippen LogP contribution in [-0.2, 0) is 0 Å². The Balaban J connectivity index is 0.00000243. The number of likely N-dealkylation sites (tertiary alicyclic amines) is 1. The number of nitrogens with two attached hydrogens (primary N) is 1. The molecule has 0 radical (unpaired) electrons. The molecule has 1 aliphatic rings. The SMILES string of the molecule is Br.CC1CCN(C(CN=C(N)Nc2ccccn2)c2ccccc2)CC1. The highest BCUT2D eigenvalue weighted by Gasteiger charge is 2.24. The third-order valence-electron chi connectivity index (χ3n) is 4.80. The van der Waals surface area contributed by atoms with Crippen LogP contribution >= 0.6 is 17.0 Å². The minimum atomic E-state index is 0. The van der Waals surface area contributed by atoms with Gasteiger partial charge in [0.05, 0.1) is 12.6 Å². The van der Waals surface area contributed by atoms with Gasteiger partial charge in [0, 0.05) is 6.20 Å². The van der Waals surface area contributed by atoms with E-state index in [9.17, 15) is 0 Å². The van der Waals surface area contributed by atoms with Crippen molar-refractivity contribution < 1.29 is 0 Å². The summed E-state index contributed by atoms with van der Waals surface area (Å²) in [4.78, 5) is 11.3. The molecule has 0 amide bonds. The van der Waals surface area contributed by atoms with E-state index in [1.165, 1.54) is 18.4 Å². The molecule has 0 saturated carbocycles. The molecule has 26 heavy (non-hydrogen) atoms. The van der Waals surface area contributed by atoms with Gasteiger partial charge in [0.25, 0.3) is 0 Å². The summed E-state index contributed by atoms with van der Waals surface area (Å²) in [6.07, 6.45) is 4.22. The largest absolute Gasteiger partial charge is 0.370 e. The van der Waals surface area contributed by atoms with E-state index in [1.54, 1.807) is 6.20 Å². The molecule has 2 heterocycles. The Labute approximate surface area is 166 Å². The van der Waals surface area contributed by atoms with E-state index in [2.05, 4.69) is 57.4 Å². The fourth-order valence-electron chi connectivity index (χ4n) is 3.24. The summed E-state index contributed by atoms with van der Waals surface area (Å²) in [5.41, 5.74) is 7.36. The Hall–Kier alpha value is -1.92. The number of aromatic nitrogens is 1. The second-order valence-corrected chi connectivity index (χ2v) is 6.71. The molecular formula is C20H28BrN5. The van der Waals surface area contributed by atoms with Gasteiger partial charge in [-0.1, -0.05) is 43.3 Å². The summed E-state index contributed by atoms with van der Waals surface area (Å²) in [5, 5.41) is 3.06. The lowest BCUT2D eigenvalue weighted by molar-refractivity contribution is 0.141. The van der Waals surface area contributed by atoms with Crippen molar-refractivity contribution in [2.45, 2.75) is 25.8 Å². The summed E-state index contributed by atoms with van der Waals surface area (Å²) in [6, 6.07) is 16.5. The minimum absolute atomic E-state index is 0. The second-order valence-electron chi connectivity index (χ2n) is 6.71. The summed E-state index contributed by atoms with van der Waals surface area (Å²) in [7, 11) is 0. The first-order valence-electron chi connectivity index (χ1n) is 8.99. The first-order chi connectivity index (χ1) is 12.2. The van der Waals surface area contributed by atoms with E-state index >= 15 is 0 Å². The van der Waals surface area contributed by atoms with Crippen LogP contribution in [0.15, 0.2) is 59.7 Å². The van der Waals surface area contributed by atoms with Gasteiger partial charge >= 0.3 is 0 Å². The van der Waals surface area contributed by atoms with Crippen molar-refractivity contribution >= 4 is 28.8 Å². The van der Waals surface area contributed by atoms with Gasteiger partial charge in [-0.25, -0.2) is 4.98 Å². The Kier molecular flexibility index (Phi) is 8.06. The number of aliphatic imine (C=N–C) groups is 1. The zero-order valence-electron chi connectivity index (χ0n) is 15.2. The number of guanidine groups is 1.